The summed E-state index contributed by atoms with van der Waals surface area (Å²) in [5.41, 5.74) is -2.10. The van der Waals surface area contributed by atoms with Crippen LogP contribution in [0.25, 0.3) is 0 Å². The highest BCUT2D eigenvalue weighted by molar-refractivity contribution is 8.01. The average molecular weight is 757 g/mol. The molecule has 0 heterocycles. The molecule has 3 N–H and O–H groups in total. The third-order valence-electron chi connectivity index (χ3n) is 7.12. The molecule has 2 atom stereocenters. The number of anilines is 2. The third-order valence-corrected chi connectivity index (χ3v) is 9.55. The normalized spacial score (nSPS) is 17.0. The molecule has 4 rings (SSSR count). The number of carbonyl (C=O) groups excluding carboxylic acids is 3. The summed E-state index contributed by atoms with van der Waals surface area (Å²) < 4.78 is 93.6. The zero-order valence-corrected chi connectivity index (χ0v) is 27.5. The molecule has 0 bridgehead atoms. The van der Waals surface area contributed by atoms with Gasteiger partial charge in [0.05, 0.1) is 22.8 Å². The van der Waals surface area contributed by atoms with Gasteiger partial charge in [-0.15, -0.1) is 23.2 Å². The van der Waals surface area contributed by atoms with Crippen LogP contribution in [0.2, 0.25) is 5.02 Å². The zero-order valence-electron chi connectivity index (χ0n) is 24.4. The minimum atomic E-state index is -4.98. The molecule has 2 unspecified atom stereocenters. The van der Waals surface area contributed by atoms with Gasteiger partial charge in [-0.1, -0.05) is 36.0 Å². The van der Waals surface area contributed by atoms with E-state index in [0.717, 1.165) is 25.1 Å². The van der Waals surface area contributed by atoms with E-state index in [4.69, 9.17) is 34.8 Å². The second-order valence-electron chi connectivity index (χ2n) is 10.7. The third kappa shape index (κ3) is 8.57. The maximum atomic E-state index is 14.7. The number of alkyl halides is 7. The molecule has 1 aliphatic carbocycles. The monoisotopic (exact) mass is 755 g/mol. The number of hydrogen-bond acceptors (Lipinski definition) is 4. The quantitative estimate of drug-likeness (QED) is 0.104. The Morgan fingerprint density at radius 3 is 2.19 bits per heavy atom. The van der Waals surface area contributed by atoms with Crippen molar-refractivity contribution in [2.75, 3.05) is 16.4 Å². The molecule has 0 aromatic heterocycles. The molecule has 256 valence electrons. The summed E-state index contributed by atoms with van der Waals surface area (Å²) in [6.07, 6.45) is -4.98. The number of thioether (sulfide) groups is 1. The van der Waals surface area contributed by atoms with Gasteiger partial charge in [0.1, 0.15) is 16.0 Å². The van der Waals surface area contributed by atoms with Crippen molar-refractivity contribution in [3.05, 3.63) is 106 Å². The van der Waals surface area contributed by atoms with Gasteiger partial charge >= 0.3 is 11.4 Å². The van der Waals surface area contributed by atoms with Crippen LogP contribution < -0.4 is 16.0 Å². The van der Waals surface area contributed by atoms with E-state index in [2.05, 4.69) is 22.5 Å². The Kier molecular flexibility index (Phi) is 11.0. The standard InChI is InChI=1S/C31H23Cl3F7N3O3S/c1-14(2)31(40,41)48-13-24(45)43-18-4-6-19(23(36)11-18)27(46)42-12-16-9-17(5-7-21(16)32)44-28(47)26-25(29(26,33)34)15-3-8-22(35)20(10-15)30(37,38)39/h3-11,25-26H,1,12-13H2,2H3,(H,42,46)(H,43,45)(H,44,47). The van der Waals surface area contributed by atoms with Gasteiger partial charge in [0.2, 0.25) is 11.8 Å². The lowest BCUT2D eigenvalue weighted by Gasteiger charge is -2.15. The lowest BCUT2D eigenvalue weighted by molar-refractivity contribution is -0.140. The molecule has 17 heteroatoms. The van der Waals surface area contributed by atoms with Crippen LogP contribution in [-0.2, 0) is 22.3 Å². The van der Waals surface area contributed by atoms with Crippen molar-refractivity contribution in [1.29, 1.82) is 0 Å². The van der Waals surface area contributed by atoms with Gasteiger partial charge in [-0.05, 0) is 72.2 Å². The maximum Gasteiger partial charge on any atom is 0.419 e. The zero-order chi connectivity index (χ0) is 35.8. The van der Waals surface area contributed by atoms with Crippen LogP contribution in [0.4, 0.5) is 42.1 Å². The molecule has 3 amide bonds. The van der Waals surface area contributed by atoms with Crippen LogP contribution in [0.15, 0.2) is 66.7 Å². The molecule has 3 aromatic rings. The topological polar surface area (TPSA) is 87.3 Å². The van der Waals surface area contributed by atoms with Gasteiger partial charge in [-0.25, -0.2) is 8.78 Å². The molecule has 1 fully saturated rings. The lowest BCUT2D eigenvalue weighted by Crippen LogP contribution is -2.24. The molecule has 6 nitrogen and oxygen atoms in total. The van der Waals surface area contributed by atoms with Crippen LogP contribution in [-0.4, -0.2) is 33.1 Å². The molecular weight excluding hydrogens is 734 g/mol. The predicted octanol–water partition coefficient (Wildman–Crippen LogP) is 8.93. The molecule has 1 saturated carbocycles. The van der Waals surface area contributed by atoms with Crippen molar-refractivity contribution in [3.8, 4) is 0 Å². The number of halogens is 10. The number of benzene rings is 3. The molecule has 0 spiro atoms. The van der Waals surface area contributed by atoms with E-state index in [0.29, 0.717) is 12.1 Å². The number of amides is 3. The number of rotatable bonds is 11. The van der Waals surface area contributed by atoms with Crippen molar-refractivity contribution >= 4 is 75.7 Å². The molecule has 0 aliphatic heterocycles. The van der Waals surface area contributed by atoms with Crippen LogP contribution in [0.1, 0.15) is 39.9 Å². The van der Waals surface area contributed by atoms with Gasteiger partial charge in [0, 0.05) is 28.9 Å². The first-order valence-corrected chi connectivity index (χ1v) is 15.7. The van der Waals surface area contributed by atoms with Crippen molar-refractivity contribution in [2.24, 2.45) is 5.92 Å². The van der Waals surface area contributed by atoms with Crippen molar-refractivity contribution in [2.45, 2.75) is 35.2 Å². The Bertz CT molecular complexity index is 1790. The Labute approximate surface area is 288 Å². The largest absolute Gasteiger partial charge is 0.419 e. The molecule has 1 aliphatic rings. The summed E-state index contributed by atoms with van der Waals surface area (Å²) in [5, 5.41) is 4.10. The van der Waals surface area contributed by atoms with Crippen molar-refractivity contribution in [3.63, 3.8) is 0 Å². The highest BCUT2D eigenvalue weighted by atomic mass is 35.5. The number of carbonyl (C=O) groups is 3. The fourth-order valence-corrected chi connectivity index (χ4v) is 6.20. The number of hydrogen-bond donors (Lipinski definition) is 3. The summed E-state index contributed by atoms with van der Waals surface area (Å²) in [4.78, 5) is 37.7. The van der Waals surface area contributed by atoms with Crippen LogP contribution in [0.3, 0.4) is 0 Å². The first-order chi connectivity index (χ1) is 22.2. The average Bonchev–Trinajstić information content (AvgIpc) is 3.57. The predicted molar refractivity (Wildman–Crippen MR) is 171 cm³/mol. The number of nitrogens with one attached hydrogen (secondary N) is 3. The van der Waals surface area contributed by atoms with Crippen molar-refractivity contribution in [1.82, 2.24) is 5.32 Å². The highest BCUT2D eigenvalue weighted by Crippen LogP contribution is 2.65. The van der Waals surface area contributed by atoms with Gasteiger partial charge in [0.25, 0.3) is 5.91 Å². The molecular formula is C31H23Cl3F7N3O3S. The molecule has 48 heavy (non-hydrogen) atoms. The second kappa shape index (κ2) is 14.2. The molecule has 3 aromatic carbocycles. The van der Waals surface area contributed by atoms with Crippen LogP contribution in [0.5, 0.6) is 0 Å². The lowest BCUT2D eigenvalue weighted by atomic mass is 10.0. The smallest absolute Gasteiger partial charge is 0.348 e. The van der Waals surface area contributed by atoms with Gasteiger partial charge in [-0.2, -0.15) is 22.0 Å². The van der Waals surface area contributed by atoms with Gasteiger partial charge < -0.3 is 16.0 Å². The van der Waals surface area contributed by atoms with Gasteiger partial charge in [-0.3, -0.25) is 14.4 Å². The fraction of sp³-hybridized carbons (Fsp3) is 0.258. The summed E-state index contributed by atoms with van der Waals surface area (Å²) in [5.74, 6) is -7.88. The van der Waals surface area contributed by atoms with Crippen molar-refractivity contribution < 1.29 is 45.1 Å². The van der Waals surface area contributed by atoms with Crippen LogP contribution in [0, 0.1) is 17.6 Å². The maximum absolute atomic E-state index is 14.7. The summed E-state index contributed by atoms with van der Waals surface area (Å²) in [6.45, 7) is 4.03. The SMILES string of the molecule is C=C(C)C(F)(F)SCC(=O)Nc1ccc(C(=O)NCc2cc(NC(=O)C3C(c4ccc(F)c(C(F)(F)F)c4)C3(Cl)Cl)ccc2Cl)c(F)c1. The first-order valence-electron chi connectivity index (χ1n) is 13.6. The van der Waals surface area contributed by atoms with E-state index < -0.39 is 79.4 Å². The first kappa shape index (κ1) is 37.4. The minimum Gasteiger partial charge on any atom is -0.348 e. The van der Waals surface area contributed by atoms with E-state index in [1.54, 1.807) is 0 Å². The van der Waals surface area contributed by atoms with E-state index in [9.17, 15) is 45.1 Å². The molecule has 0 saturated heterocycles. The Morgan fingerprint density at radius 1 is 0.917 bits per heavy atom. The summed E-state index contributed by atoms with van der Waals surface area (Å²) in [6, 6.07) is 9.51. The highest BCUT2D eigenvalue weighted by Gasteiger charge is 2.67. The molecule has 0 radical (unpaired) electrons. The van der Waals surface area contributed by atoms with Gasteiger partial charge in [0.15, 0.2) is 0 Å². The van der Waals surface area contributed by atoms with E-state index >= 15 is 0 Å². The van der Waals surface area contributed by atoms with Crippen LogP contribution >= 0.6 is 46.6 Å². The fourth-order valence-electron chi connectivity index (χ4n) is 4.55. The second-order valence-corrected chi connectivity index (χ2v) is 13.6. The Hall–Kier alpha value is -3.46. The Balaban J connectivity index is 1.37. The Morgan fingerprint density at radius 2 is 1.56 bits per heavy atom. The summed E-state index contributed by atoms with van der Waals surface area (Å²) in [7, 11) is 0. The summed E-state index contributed by atoms with van der Waals surface area (Å²) >= 11 is 18.8. The minimum absolute atomic E-state index is 0.0470. The van der Waals surface area contributed by atoms with E-state index in [1.807, 2.05) is 0 Å². The van der Waals surface area contributed by atoms with E-state index in [1.165, 1.54) is 24.3 Å². The van der Waals surface area contributed by atoms with E-state index in [-0.39, 0.29) is 45.8 Å².